The van der Waals surface area contributed by atoms with Gasteiger partial charge in [0.25, 0.3) is 5.91 Å². The Morgan fingerprint density at radius 3 is 2.92 bits per heavy atom. The number of hydrogen-bond donors (Lipinski definition) is 1. The summed E-state index contributed by atoms with van der Waals surface area (Å²) in [5.74, 6) is 0.780. The second-order valence-electron chi connectivity index (χ2n) is 5.57. The van der Waals surface area contributed by atoms with E-state index >= 15 is 0 Å². The number of pyridine rings is 1. The van der Waals surface area contributed by atoms with Crippen LogP contribution in [0, 0.1) is 0 Å². The number of thiophene rings is 1. The van der Waals surface area contributed by atoms with Crippen molar-refractivity contribution in [3.63, 3.8) is 0 Å². The van der Waals surface area contributed by atoms with Gasteiger partial charge < -0.3 is 5.32 Å². The second kappa shape index (κ2) is 7.27. The van der Waals surface area contributed by atoms with Gasteiger partial charge in [-0.2, -0.15) is 0 Å². The smallest absolute Gasteiger partial charge is 0.268 e. The Labute approximate surface area is 158 Å². The summed E-state index contributed by atoms with van der Waals surface area (Å²) in [5, 5.41) is 6.63. The number of nitrogens with zero attached hydrogens (tertiary/aromatic N) is 4. The van der Waals surface area contributed by atoms with E-state index in [-0.39, 0.29) is 5.91 Å². The highest BCUT2D eigenvalue weighted by molar-refractivity contribution is 7.16. The molecule has 0 bridgehead atoms. The van der Waals surface area contributed by atoms with Gasteiger partial charge in [0.2, 0.25) is 0 Å². The number of carbonyl (C=O) groups excluding carboxylic acids is 1. The summed E-state index contributed by atoms with van der Waals surface area (Å²) in [7, 11) is 0. The van der Waals surface area contributed by atoms with Gasteiger partial charge >= 0.3 is 0 Å². The zero-order valence-corrected chi connectivity index (χ0v) is 15.6. The number of carbonyl (C=O) groups is 1. The maximum atomic E-state index is 12.6. The molecule has 0 atom stereocenters. The summed E-state index contributed by atoms with van der Waals surface area (Å²) < 4.78 is 0. The first kappa shape index (κ1) is 16.7. The quantitative estimate of drug-likeness (QED) is 0.554. The van der Waals surface area contributed by atoms with Crippen molar-refractivity contribution in [2.45, 2.75) is 19.8 Å². The Hall–Kier alpha value is -2.71. The average molecular weight is 381 g/mol. The molecule has 4 aromatic heterocycles. The molecule has 0 aliphatic rings. The molecule has 0 aliphatic carbocycles. The van der Waals surface area contributed by atoms with Crippen molar-refractivity contribution in [1.29, 1.82) is 0 Å². The first-order valence-corrected chi connectivity index (χ1v) is 9.87. The Morgan fingerprint density at radius 2 is 2.12 bits per heavy atom. The molecule has 1 N–H and O–H groups in total. The van der Waals surface area contributed by atoms with Crippen LogP contribution in [0.5, 0.6) is 0 Å². The van der Waals surface area contributed by atoms with Crippen LogP contribution in [0.4, 0.5) is 5.82 Å². The number of nitrogens with one attached hydrogen (secondary N) is 1. The van der Waals surface area contributed by atoms with Crippen LogP contribution in [0.1, 0.15) is 28.0 Å². The number of hydrogen-bond acceptors (Lipinski definition) is 7. The molecule has 26 heavy (non-hydrogen) atoms. The lowest BCUT2D eigenvalue weighted by molar-refractivity contribution is 0.103. The minimum atomic E-state index is -0.206. The van der Waals surface area contributed by atoms with Gasteiger partial charge in [-0.1, -0.05) is 13.0 Å². The molecule has 0 spiro atoms. The maximum absolute atomic E-state index is 12.6. The zero-order chi connectivity index (χ0) is 17.9. The van der Waals surface area contributed by atoms with Crippen LogP contribution >= 0.6 is 22.7 Å². The lowest BCUT2D eigenvalue weighted by Gasteiger charge is -2.06. The summed E-state index contributed by atoms with van der Waals surface area (Å²) in [6.45, 7) is 2.09. The normalized spacial score (nSPS) is 11.0. The summed E-state index contributed by atoms with van der Waals surface area (Å²) >= 11 is 2.92. The van der Waals surface area contributed by atoms with E-state index in [1.54, 1.807) is 12.4 Å². The highest BCUT2D eigenvalue weighted by atomic mass is 32.1. The Balaban J connectivity index is 1.68. The molecular weight excluding hydrogens is 366 g/mol. The maximum Gasteiger partial charge on any atom is 0.268 e. The van der Waals surface area contributed by atoms with E-state index < -0.39 is 0 Å². The summed E-state index contributed by atoms with van der Waals surface area (Å²) in [4.78, 5) is 31.7. The third kappa shape index (κ3) is 3.33. The standard InChI is InChI=1S/C18H15N5OS2/c1-2-5-14-20-10-13(26-14)17(24)22-15-11-7-9-25-18(11)23-16(21-15)12-6-3-4-8-19-12/h3-4,6-10H,2,5H2,1H3,(H,21,22,23,24). The van der Waals surface area contributed by atoms with Crippen LogP contribution in [0.3, 0.4) is 0 Å². The van der Waals surface area contributed by atoms with E-state index in [4.69, 9.17) is 0 Å². The second-order valence-corrected chi connectivity index (χ2v) is 7.58. The van der Waals surface area contributed by atoms with Crippen LogP contribution < -0.4 is 5.32 Å². The molecule has 0 saturated heterocycles. The molecular formula is C18H15N5OS2. The van der Waals surface area contributed by atoms with Crippen molar-refractivity contribution in [2.75, 3.05) is 5.32 Å². The monoisotopic (exact) mass is 381 g/mol. The van der Waals surface area contributed by atoms with Crippen LogP contribution in [-0.2, 0) is 6.42 Å². The third-order valence-electron chi connectivity index (χ3n) is 3.69. The zero-order valence-electron chi connectivity index (χ0n) is 14.0. The van der Waals surface area contributed by atoms with E-state index in [1.165, 1.54) is 22.7 Å². The first-order chi connectivity index (χ1) is 12.7. The van der Waals surface area contributed by atoms with Gasteiger partial charge in [-0.05, 0) is 36.4 Å². The molecule has 0 unspecified atom stereocenters. The molecule has 130 valence electrons. The number of aryl methyl sites for hydroxylation is 1. The first-order valence-electron chi connectivity index (χ1n) is 8.17. The van der Waals surface area contributed by atoms with Crippen molar-refractivity contribution in [3.8, 4) is 11.5 Å². The van der Waals surface area contributed by atoms with Crippen LogP contribution in [-0.4, -0.2) is 25.8 Å². The molecule has 0 saturated carbocycles. The number of thiazole rings is 1. The molecule has 8 heteroatoms. The van der Waals surface area contributed by atoms with E-state index in [2.05, 4.69) is 32.2 Å². The minimum Gasteiger partial charge on any atom is -0.305 e. The number of fused-ring (bicyclic) bond motifs is 1. The number of anilines is 1. The van der Waals surface area contributed by atoms with Crippen molar-refractivity contribution in [3.05, 3.63) is 51.9 Å². The summed E-state index contributed by atoms with van der Waals surface area (Å²) in [5.41, 5.74) is 0.668. The highest BCUT2D eigenvalue weighted by Gasteiger charge is 2.16. The number of aromatic nitrogens is 4. The summed E-state index contributed by atoms with van der Waals surface area (Å²) in [6.07, 6.45) is 5.20. The van der Waals surface area contributed by atoms with Gasteiger partial charge in [-0.25, -0.2) is 15.0 Å². The fraction of sp³-hybridized carbons (Fsp3) is 0.167. The molecule has 4 heterocycles. The molecule has 6 nitrogen and oxygen atoms in total. The fourth-order valence-corrected chi connectivity index (χ4v) is 4.15. The minimum absolute atomic E-state index is 0.206. The predicted molar refractivity (Wildman–Crippen MR) is 105 cm³/mol. The predicted octanol–water partition coefficient (Wildman–Crippen LogP) is 4.41. The molecule has 4 rings (SSSR count). The number of amides is 1. The Bertz CT molecular complexity index is 1060. The van der Waals surface area contributed by atoms with Gasteiger partial charge in [0, 0.05) is 6.20 Å². The fourth-order valence-electron chi connectivity index (χ4n) is 2.47. The van der Waals surface area contributed by atoms with Crippen LogP contribution in [0.2, 0.25) is 0 Å². The summed E-state index contributed by atoms with van der Waals surface area (Å²) in [6, 6.07) is 7.48. The highest BCUT2D eigenvalue weighted by Crippen LogP contribution is 2.28. The van der Waals surface area contributed by atoms with E-state index in [1.807, 2.05) is 29.6 Å². The largest absolute Gasteiger partial charge is 0.305 e. The SMILES string of the molecule is CCCc1ncc(C(=O)Nc2nc(-c3ccccn3)nc3sccc23)s1. The van der Waals surface area contributed by atoms with Gasteiger partial charge in [0.05, 0.1) is 16.6 Å². The van der Waals surface area contributed by atoms with Gasteiger partial charge in [0.1, 0.15) is 21.2 Å². The Kier molecular flexibility index (Phi) is 4.68. The van der Waals surface area contributed by atoms with Crippen molar-refractivity contribution >= 4 is 44.6 Å². The molecule has 4 aromatic rings. The van der Waals surface area contributed by atoms with Gasteiger partial charge in [-0.3, -0.25) is 9.78 Å². The topological polar surface area (TPSA) is 80.7 Å². The van der Waals surface area contributed by atoms with Crippen LogP contribution in [0.25, 0.3) is 21.7 Å². The van der Waals surface area contributed by atoms with E-state index in [0.717, 1.165) is 28.1 Å². The molecule has 0 fully saturated rings. The third-order valence-corrected chi connectivity index (χ3v) is 5.55. The van der Waals surface area contributed by atoms with E-state index in [9.17, 15) is 4.79 Å². The van der Waals surface area contributed by atoms with Crippen molar-refractivity contribution in [1.82, 2.24) is 19.9 Å². The lowest BCUT2D eigenvalue weighted by Crippen LogP contribution is -2.12. The van der Waals surface area contributed by atoms with Crippen molar-refractivity contribution < 1.29 is 4.79 Å². The average Bonchev–Trinajstić information content (AvgIpc) is 3.32. The molecule has 0 aliphatic heterocycles. The van der Waals surface area contributed by atoms with Gasteiger partial charge in [0.15, 0.2) is 5.82 Å². The molecule has 0 aromatic carbocycles. The Morgan fingerprint density at radius 1 is 1.19 bits per heavy atom. The van der Waals surface area contributed by atoms with E-state index in [0.29, 0.717) is 22.2 Å². The lowest BCUT2D eigenvalue weighted by atomic mass is 10.3. The molecule has 0 radical (unpaired) electrons. The molecule has 1 amide bonds. The number of rotatable bonds is 5. The van der Waals surface area contributed by atoms with Crippen molar-refractivity contribution in [2.24, 2.45) is 0 Å². The van der Waals surface area contributed by atoms with Crippen LogP contribution in [0.15, 0.2) is 42.0 Å². The van der Waals surface area contributed by atoms with Gasteiger partial charge in [-0.15, -0.1) is 22.7 Å².